The first kappa shape index (κ1) is 21.7. The minimum absolute atomic E-state index is 0.118. The molecule has 3 rings (SSSR count). The highest BCUT2D eigenvalue weighted by atomic mass is 79.9. The van der Waals surface area contributed by atoms with E-state index in [4.69, 9.17) is 5.26 Å². The van der Waals surface area contributed by atoms with Gasteiger partial charge in [0.1, 0.15) is 28.8 Å². The van der Waals surface area contributed by atoms with E-state index in [0.717, 1.165) is 12.1 Å². The number of sulfonamides is 1. The number of aromatic amines is 1. The monoisotopic (exact) mass is 497 g/mol. The summed E-state index contributed by atoms with van der Waals surface area (Å²) in [6.07, 6.45) is 1.54. The zero-order chi connectivity index (χ0) is 22.1. The number of H-pyrrole nitrogens is 1. The van der Waals surface area contributed by atoms with Gasteiger partial charge in [0.25, 0.3) is 5.91 Å². The zero-order valence-corrected chi connectivity index (χ0v) is 17.8. The summed E-state index contributed by atoms with van der Waals surface area (Å²) < 4.78 is 55.1. The van der Waals surface area contributed by atoms with Crippen molar-refractivity contribution in [2.45, 2.75) is 13.3 Å². The Kier molecular flexibility index (Phi) is 6.04. The van der Waals surface area contributed by atoms with E-state index in [1.165, 1.54) is 12.3 Å². The molecular weight excluding hydrogens is 484 g/mol. The predicted molar refractivity (Wildman–Crippen MR) is 111 cm³/mol. The zero-order valence-electron chi connectivity index (χ0n) is 15.4. The molecular formula is C18H14BrF2N5O3S. The van der Waals surface area contributed by atoms with E-state index in [1.807, 2.05) is 10.8 Å². The van der Waals surface area contributed by atoms with Gasteiger partial charge in [-0.3, -0.25) is 9.52 Å². The van der Waals surface area contributed by atoms with E-state index in [0.29, 0.717) is 21.9 Å². The van der Waals surface area contributed by atoms with Crippen LogP contribution in [-0.2, 0) is 10.0 Å². The number of benzene rings is 1. The molecule has 0 radical (unpaired) electrons. The van der Waals surface area contributed by atoms with E-state index in [2.05, 4.69) is 31.2 Å². The largest absolute Gasteiger partial charge is 0.330 e. The van der Waals surface area contributed by atoms with Gasteiger partial charge in [-0.2, -0.15) is 5.26 Å². The van der Waals surface area contributed by atoms with Crippen LogP contribution in [0.4, 0.5) is 20.2 Å². The van der Waals surface area contributed by atoms with E-state index >= 15 is 0 Å². The molecule has 0 spiro atoms. The molecule has 0 unspecified atom stereocenters. The van der Waals surface area contributed by atoms with Crippen LogP contribution in [0.2, 0.25) is 0 Å². The lowest BCUT2D eigenvalue weighted by Gasteiger charge is -2.12. The van der Waals surface area contributed by atoms with Crippen LogP contribution in [0.25, 0.3) is 11.0 Å². The van der Waals surface area contributed by atoms with E-state index in [9.17, 15) is 22.0 Å². The maximum atomic E-state index is 14.7. The Balaban J connectivity index is 1.93. The molecule has 2 heterocycles. The molecule has 0 bridgehead atoms. The molecule has 8 nitrogen and oxygen atoms in total. The first-order valence-corrected chi connectivity index (χ1v) is 11.0. The molecule has 1 amide bonds. The number of aromatic nitrogens is 2. The summed E-state index contributed by atoms with van der Waals surface area (Å²) in [6.45, 7) is 1.63. The number of carbonyl (C=O) groups is 1. The highest BCUT2D eigenvalue weighted by Gasteiger charge is 2.23. The number of hydrogen-bond donors (Lipinski definition) is 3. The van der Waals surface area contributed by atoms with Gasteiger partial charge in [-0.25, -0.2) is 22.2 Å². The van der Waals surface area contributed by atoms with Crippen molar-refractivity contribution in [1.82, 2.24) is 9.97 Å². The SMILES string of the molecule is CCCS(=O)(=O)Nc1ccc(F)c(C(=O)Nc2cnc3[nH]c(C#N)c(Br)c3c2)c1F. The number of fused-ring (bicyclic) bond motifs is 1. The third-order valence-electron chi connectivity index (χ3n) is 4.01. The predicted octanol–water partition coefficient (Wildman–Crippen LogP) is 3.88. The van der Waals surface area contributed by atoms with Crippen LogP contribution < -0.4 is 10.0 Å². The molecule has 0 aliphatic heterocycles. The van der Waals surface area contributed by atoms with Crippen molar-refractivity contribution in [3.8, 4) is 6.07 Å². The summed E-state index contributed by atoms with van der Waals surface area (Å²) in [6, 6.07) is 5.10. The number of nitrogens with zero attached hydrogens (tertiary/aromatic N) is 2. The van der Waals surface area contributed by atoms with E-state index < -0.39 is 38.8 Å². The van der Waals surface area contributed by atoms with Crippen molar-refractivity contribution in [2.75, 3.05) is 15.8 Å². The molecule has 0 atom stereocenters. The number of amides is 1. The summed E-state index contributed by atoms with van der Waals surface area (Å²) in [7, 11) is -3.84. The quantitative estimate of drug-likeness (QED) is 0.476. The number of nitrogens with one attached hydrogen (secondary N) is 3. The van der Waals surface area contributed by atoms with Crippen LogP contribution in [0.5, 0.6) is 0 Å². The third kappa shape index (κ3) is 4.27. The van der Waals surface area contributed by atoms with Gasteiger partial charge in [0.05, 0.1) is 27.8 Å². The van der Waals surface area contributed by atoms with Gasteiger partial charge in [-0.05, 0) is 40.5 Å². The number of pyridine rings is 1. The summed E-state index contributed by atoms with van der Waals surface area (Å²) in [5, 5.41) is 11.8. The van der Waals surface area contributed by atoms with Gasteiger partial charge in [-0.15, -0.1) is 0 Å². The van der Waals surface area contributed by atoms with Crippen LogP contribution in [0, 0.1) is 23.0 Å². The van der Waals surface area contributed by atoms with Crippen molar-refractivity contribution < 1.29 is 22.0 Å². The average Bonchev–Trinajstić information content (AvgIpc) is 2.99. The van der Waals surface area contributed by atoms with Crippen molar-refractivity contribution in [2.24, 2.45) is 0 Å². The summed E-state index contributed by atoms with van der Waals surface area (Å²) in [5.41, 5.74) is -0.757. The molecule has 1 aromatic carbocycles. The fraction of sp³-hybridized carbons (Fsp3) is 0.167. The van der Waals surface area contributed by atoms with Crippen LogP contribution in [0.15, 0.2) is 28.9 Å². The second-order valence-electron chi connectivity index (χ2n) is 6.20. The van der Waals surface area contributed by atoms with Gasteiger partial charge in [0.2, 0.25) is 10.0 Å². The molecule has 2 aromatic heterocycles. The lowest BCUT2D eigenvalue weighted by molar-refractivity contribution is 0.101. The Morgan fingerprint density at radius 3 is 2.77 bits per heavy atom. The molecule has 3 aromatic rings. The van der Waals surface area contributed by atoms with E-state index in [-0.39, 0.29) is 17.1 Å². The first-order valence-electron chi connectivity index (χ1n) is 8.54. The molecule has 30 heavy (non-hydrogen) atoms. The lowest BCUT2D eigenvalue weighted by atomic mass is 10.1. The summed E-state index contributed by atoms with van der Waals surface area (Å²) in [4.78, 5) is 19.3. The number of halogens is 3. The minimum Gasteiger partial charge on any atom is -0.330 e. The fourth-order valence-corrected chi connectivity index (χ4v) is 4.33. The fourth-order valence-electron chi connectivity index (χ4n) is 2.71. The molecule has 0 aliphatic rings. The standard InChI is InChI=1S/C18H14BrF2N5O3S/c1-2-5-30(28,29)26-12-4-3-11(20)14(16(12)21)18(27)24-9-6-10-15(19)13(7-22)25-17(10)23-8-9/h3-4,6,8,26H,2,5H2,1H3,(H,23,25)(H,24,27). The smallest absolute Gasteiger partial charge is 0.261 e. The molecule has 0 aliphatic carbocycles. The molecule has 12 heteroatoms. The van der Waals surface area contributed by atoms with Gasteiger partial charge < -0.3 is 10.3 Å². The Bertz CT molecular complexity index is 1300. The topological polar surface area (TPSA) is 128 Å². The molecule has 0 saturated heterocycles. The van der Waals surface area contributed by atoms with Crippen molar-refractivity contribution in [1.29, 1.82) is 5.26 Å². The maximum Gasteiger partial charge on any atom is 0.261 e. The van der Waals surface area contributed by atoms with Crippen LogP contribution in [-0.4, -0.2) is 30.0 Å². The Hall–Kier alpha value is -3.04. The van der Waals surface area contributed by atoms with Gasteiger partial charge in [-0.1, -0.05) is 6.92 Å². The summed E-state index contributed by atoms with van der Waals surface area (Å²) in [5.74, 6) is -3.88. The van der Waals surface area contributed by atoms with Gasteiger partial charge in [0, 0.05) is 5.39 Å². The van der Waals surface area contributed by atoms with Crippen molar-refractivity contribution in [3.63, 3.8) is 0 Å². The number of hydrogen-bond acceptors (Lipinski definition) is 5. The molecule has 3 N–H and O–H groups in total. The molecule has 0 saturated carbocycles. The van der Waals surface area contributed by atoms with Crippen LogP contribution >= 0.6 is 15.9 Å². The second kappa shape index (κ2) is 8.37. The van der Waals surface area contributed by atoms with E-state index in [1.54, 1.807) is 6.92 Å². The Morgan fingerprint density at radius 2 is 2.10 bits per heavy atom. The van der Waals surface area contributed by atoms with Crippen LogP contribution in [0.1, 0.15) is 29.4 Å². The maximum absolute atomic E-state index is 14.7. The van der Waals surface area contributed by atoms with Crippen molar-refractivity contribution >= 4 is 54.3 Å². The normalized spacial score (nSPS) is 11.3. The van der Waals surface area contributed by atoms with Gasteiger partial charge >= 0.3 is 0 Å². The number of carbonyl (C=O) groups excluding carboxylic acids is 1. The highest BCUT2D eigenvalue weighted by Crippen LogP contribution is 2.29. The average molecular weight is 498 g/mol. The van der Waals surface area contributed by atoms with Gasteiger partial charge in [0.15, 0.2) is 5.82 Å². The second-order valence-corrected chi connectivity index (χ2v) is 8.84. The number of anilines is 2. The lowest BCUT2D eigenvalue weighted by Crippen LogP contribution is -2.20. The summed E-state index contributed by atoms with van der Waals surface area (Å²) >= 11 is 3.24. The first-order chi connectivity index (χ1) is 14.2. The number of nitriles is 1. The highest BCUT2D eigenvalue weighted by molar-refractivity contribution is 9.10. The van der Waals surface area contributed by atoms with Crippen LogP contribution in [0.3, 0.4) is 0 Å². The number of rotatable bonds is 6. The minimum atomic E-state index is -3.84. The van der Waals surface area contributed by atoms with Crippen molar-refractivity contribution in [3.05, 3.63) is 51.8 Å². The molecule has 0 fully saturated rings. The molecule has 156 valence electrons. The third-order valence-corrected chi connectivity index (χ3v) is 6.31. The Labute approximate surface area is 178 Å². The Morgan fingerprint density at radius 1 is 1.37 bits per heavy atom.